The number of aromatic nitrogens is 2. The summed E-state index contributed by atoms with van der Waals surface area (Å²) in [6.45, 7) is 2.59. The number of likely N-dealkylation sites (tertiary alicyclic amines) is 1. The van der Waals surface area contributed by atoms with E-state index in [0.717, 1.165) is 25.5 Å². The van der Waals surface area contributed by atoms with Crippen LogP contribution in [0.1, 0.15) is 18.4 Å². The zero-order valence-electron chi connectivity index (χ0n) is 19.6. The first kappa shape index (κ1) is 26.9. The lowest BCUT2D eigenvalue weighted by Gasteiger charge is -2.24. The number of benzene rings is 1. The summed E-state index contributed by atoms with van der Waals surface area (Å²) < 4.78 is 41.5. The van der Waals surface area contributed by atoms with Crippen molar-refractivity contribution in [3.05, 3.63) is 46.4 Å². The average Bonchev–Trinajstić information content (AvgIpc) is 3.30. The van der Waals surface area contributed by atoms with Crippen molar-refractivity contribution in [2.45, 2.75) is 31.7 Å². The number of halogens is 3. The molecule has 1 aliphatic rings. The molecule has 1 aromatic carbocycles. The lowest BCUT2D eigenvalue weighted by Crippen LogP contribution is -2.38. The maximum atomic E-state index is 12.7. The van der Waals surface area contributed by atoms with Crippen LogP contribution in [-0.2, 0) is 11.2 Å². The fraction of sp³-hybridized carbons (Fsp3) is 0.455. The molecular formula is C22H28F3N7O4. The second-order valence-corrected chi connectivity index (χ2v) is 8.29. The third-order valence-corrected chi connectivity index (χ3v) is 5.66. The summed E-state index contributed by atoms with van der Waals surface area (Å²) in [5.41, 5.74) is 4.81. The van der Waals surface area contributed by atoms with Crippen molar-refractivity contribution >= 4 is 23.6 Å². The lowest BCUT2D eigenvalue weighted by atomic mass is 10.2. The number of carbonyl (C=O) groups excluding carboxylic acids is 2. The average molecular weight is 512 g/mol. The molecule has 3 amide bonds. The van der Waals surface area contributed by atoms with Gasteiger partial charge in [-0.1, -0.05) is 12.1 Å². The lowest BCUT2D eigenvalue weighted by molar-refractivity contribution is -0.274. The number of H-pyrrole nitrogens is 1. The Morgan fingerprint density at radius 2 is 2.06 bits per heavy atom. The molecule has 0 aliphatic carbocycles. The van der Waals surface area contributed by atoms with E-state index < -0.39 is 23.7 Å². The Morgan fingerprint density at radius 3 is 2.75 bits per heavy atom. The predicted octanol–water partition coefficient (Wildman–Crippen LogP) is 1.74. The van der Waals surface area contributed by atoms with E-state index in [-0.39, 0.29) is 35.6 Å². The summed E-state index contributed by atoms with van der Waals surface area (Å²) >= 11 is 0. The number of nitrogens with two attached hydrogens (primary N) is 1. The Balaban J connectivity index is 1.56. The minimum atomic E-state index is -4.94. The first-order valence-electron chi connectivity index (χ1n) is 11.2. The number of hydrogen-bond donors (Lipinski definition) is 4. The normalized spacial score (nSPS) is 15.7. The fourth-order valence-electron chi connectivity index (χ4n) is 3.78. The number of likely N-dealkylation sites (N-methyl/N-ethyl adjacent to an activating group) is 1. The molecule has 1 aliphatic heterocycles. The van der Waals surface area contributed by atoms with Crippen LogP contribution >= 0.6 is 0 Å². The van der Waals surface area contributed by atoms with E-state index in [4.69, 9.17) is 5.73 Å². The van der Waals surface area contributed by atoms with E-state index in [1.165, 1.54) is 24.4 Å². The molecule has 36 heavy (non-hydrogen) atoms. The molecule has 0 spiro atoms. The Hall–Kier alpha value is -3.65. The van der Waals surface area contributed by atoms with Crippen LogP contribution in [0.25, 0.3) is 0 Å². The summed E-state index contributed by atoms with van der Waals surface area (Å²) in [6.07, 6.45) is -2.22. The van der Waals surface area contributed by atoms with E-state index in [1.807, 2.05) is 7.05 Å². The molecule has 5 N–H and O–H groups in total. The molecule has 11 nitrogen and oxygen atoms in total. The quantitative estimate of drug-likeness (QED) is 0.401. The number of para-hydroxylation sites is 2. The monoisotopic (exact) mass is 511 g/mol. The van der Waals surface area contributed by atoms with Gasteiger partial charge in [-0.15, -0.1) is 13.2 Å². The highest BCUT2D eigenvalue weighted by molar-refractivity contribution is 5.99. The second kappa shape index (κ2) is 11.9. The number of ether oxygens (including phenoxy) is 1. The van der Waals surface area contributed by atoms with Crippen molar-refractivity contribution in [3.63, 3.8) is 0 Å². The Morgan fingerprint density at radius 1 is 1.31 bits per heavy atom. The maximum absolute atomic E-state index is 12.7. The summed E-state index contributed by atoms with van der Waals surface area (Å²) in [5, 5.41) is 4.43. The molecule has 3 rings (SSSR count). The number of rotatable bonds is 9. The van der Waals surface area contributed by atoms with Crippen LogP contribution in [0.15, 0.2) is 35.3 Å². The largest absolute Gasteiger partial charge is 0.573 e. The second-order valence-electron chi connectivity index (χ2n) is 8.29. The Kier molecular flexibility index (Phi) is 8.88. The molecule has 2 heterocycles. The number of aromatic amines is 1. The number of nitrogens with zero attached hydrogens (tertiary/aromatic N) is 3. The van der Waals surface area contributed by atoms with E-state index in [9.17, 15) is 27.6 Å². The van der Waals surface area contributed by atoms with Crippen LogP contribution in [0.2, 0.25) is 0 Å². The minimum absolute atomic E-state index is 0.120. The third kappa shape index (κ3) is 7.68. The van der Waals surface area contributed by atoms with Gasteiger partial charge in [0.1, 0.15) is 0 Å². The molecule has 0 radical (unpaired) electrons. The number of alkyl halides is 3. The molecule has 0 bridgehead atoms. The first-order chi connectivity index (χ1) is 17.1. The number of anilines is 2. The molecule has 0 saturated carbocycles. The van der Waals surface area contributed by atoms with Crippen LogP contribution in [0, 0.1) is 0 Å². The number of amides is 3. The van der Waals surface area contributed by atoms with Gasteiger partial charge in [0.15, 0.2) is 5.75 Å². The molecule has 196 valence electrons. The number of carbonyl (C=O) groups is 2. The third-order valence-electron chi connectivity index (χ3n) is 5.66. The maximum Gasteiger partial charge on any atom is 0.573 e. The predicted molar refractivity (Wildman–Crippen MR) is 126 cm³/mol. The van der Waals surface area contributed by atoms with Gasteiger partial charge in [0, 0.05) is 30.9 Å². The topological polar surface area (TPSA) is 146 Å². The molecule has 1 unspecified atom stereocenters. The van der Waals surface area contributed by atoms with Gasteiger partial charge >= 0.3 is 12.4 Å². The van der Waals surface area contributed by atoms with Crippen molar-refractivity contribution < 1.29 is 27.5 Å². The number of hydrogen-bond acceptors (Lipinski definition) is 7. The highest BCUT2D eigenvalue weighted by atomic mass is 19.4. The van der Waals surface area contributed by atoms with E-state index in [0.29, 0.717) is 19.6 Å². The number of nitrogens with one attached hydrogen (secondary N) is 3. The zero-order valence-corrected chi connectivity index (χ0v) is 19.6. The molecule has 1 aromatic heterocycles. The molecular weight excluding hydrogens is 483 g/mol. The summed E-state index contributed by atoms with van der Waals surface area (Å²) in [6, 6.07) is 4.24. The van der Waals surface area contributed by atoms with Gasteiger partial charge in [-0.2, -0.15) is 0 Å². The SMILES string of the molecule is CN(CCCN)C1CCN(C(=O)Cc2cnc(NC(=O)Nc3ccccc3OC(F)(F)F)[nH]c2=O)C1. The molecule has 1 atom stereocenters. The fourth-order valence-corrected chi connectivity index (χ4v) is 3.78. The Bertz CT molecular complexity index is 1130. The summed E-state index contributed by atoms with van der Waals surface area (Å²) in [7, 11) is 1.99. The van der Waals surface area contributed by atoms with Crippen LogP contribution in [0.5, 0.6) is 5.75 Å². The highest BCUT2D eigenvalue weighted by Gasteiger charge is 2.32. The first-order valence-corrected chi connectivity index (χ1v) is 11.2. The molecule has 14 heteroatoms. The minimum Gasteiger partial charge on any atom is -0.404 e. The van der Waals surface area contributed by atoms with Gasteiger partial charge in [-0.3, -0.25) is 19.9 Å². The van der Waals surface area contributed by atoms with Crippen molar-refractivity contribution in [2.24, 2.45) is 5.73 Å². The van der Waals surface area contributed by atoms with Gasteiger partial charge in [0.05, 0.1) is 12.1 Å². The van der Waals surface area contributed by atoms with Gasteiger partial charge in [0.2, 0.25) is 11.9 Å². The van der Waals surface area contributed by atoms with Crippen LogP contribution < -0.4 is 26.7 Å². The van der Waals surface area contributed by atoms with Gasteiger partial charge in [-0.25, -0.2) is 9.78 Å². The van der Waals surface area contributed by atoms with E-state index in [2.05, 4.69) is 30.2 Å². The molecule has 1 fully saturated rings. The van der Waals surface area contributed by atoms with Gasteiger partial charge in [0.25, 0.3) is 5.56 Å². The standard InChI is InChI=1S/C22H28F3N7O4/c1-31(9-4-8-26)15-7-10-32(13-15)18(33)11-14-12-27-20(29-19(14)34)30-21(35)28-16-5-2-3-6-17(16)36-22(23,24)25/h2-3,5-6,12,15H,4,7-11,13,26H2,1H3,(H3,27,28,29,30,34,35). The summed E-state index contributed by atoms with van der Waals surface area (Å²) in [5.74, 6) is -1.06. The van der Waals surface area contributed by atoms with Gasteiger partial charge in [-0.05, 0) is 45.1 Å². The highest BCUT2D eigenvalue weighted by Crippen LogP contribution is 2.29. The van der Waals surface area contributed by atoms with Crippen LogP contribution in [0.3, 0.4) is 0 Å². The zero-order chi connectivity index (χ0) is 26.3. The van der Waals surface area contributed by atoms with Gasteiger partial charge < -0.3 is 25.6 Å². The van der Waals surface area contributed by atoms with Crippen molar-refractivity contribution in [1.82, 2.24) is 19.8 Å². The van der Waals surface area contributed by atoms with Crippen molar-refractivity contribution in [1.29, 1.82) is 0 Å². The van der Waals surface area contributed by atoms with E-state index >= 15 is 0 Å². The molecule has 1 saturated heterocycles. The van der Waals surface area contributed by atoms with Crippen LogP contribution in [-0.4, -0.2) is 77.3 Å². The summed E-state index contributed by atoms with van der Waals surface area (Å²) in [4.78, 5) is 47.5. The molecule has 2 aromatic rings. The van der Waals surface area contributed by atoms with Crippen molar-refractivity contribution in [3.8, 4) is 5.75 Å². The van der Waals surface area contributed by atoms with E-state index in [1.54, 1.807) is 4.90 Å². The van der Waals surface area contributed by atoms with Crippen molar-refractivity contribution in [2.75, 3.05) is 43.9 Å². The number of urea groups is 1. The van der Waals surface area contributed by atoms with Crippen LogP contribution in [0.4, 0.5) is 29.6 Å². The Labute approximate surface area is 204 Å². The smallest absolute Gasteiger partial charge is 0.404 e.